The minimum atomic E-state index is -4.22. The van der Waals surface area contributed by atoms with Gasteiger partial charge in [-0.3, -0.25) is 4.52 Å². The summed E-state index contributed by atoms with van der Waals surface area (Å²) in [5.74, 6) is 3.69. The third-order valence-corrected chi connectivity index (χ3v) is 6.71. The molecule has 0 spiro atoms. The van der Waals surface area contributed by atoms with Crippen LogP contribution in [-0.2, 0) is 20.1 Å². The van der Waals surface area contributed by atoms with Gasteiger partial charge in [0.25, 0.3) is 0 Å². The molecule has 0 saturated heterocycles. The van der Waals surface area contributed by atoms with Gasteiger partial charge in [0.05, 0.1) is 17.1 Å². The number of phenolic OH excluding ortho intramolecular Hbond substituents is 1. The van der Waals surface area contributed by atoms with Crippen LogP contribution in [0.15, 0.2) is 46.2 Å². The molecular weight excluding hydrogens is 465 g/mol. The molecule has 0 aliphatic heterocycles. The van der Waals surface area contributed by atoms with Gasteiger partial charge in [-0.15, -0.1) is 0 Å². The van der Waals surface area contributed by atoms with Crippen molar-refractivity contribution in [2.75, 3.05) is 6.61 Å². The van der Waals surface area contributed by atoms with E-state index in [4.69, 9.17) is 27.1 Å². The van der Waals surface area contributed by atoms with E-state index in [2.05, 4.69) is 4.62 Å². The minimum Gasteiger partial charge on any atom is -0.507 e. The molecule has 0 aliphatic carbocycles. The van der Waals surface area contributed by atoms with E-state index in [9.17, 15) is 19.4 Å². The van der Waals surface area contributed by atoms with E-state index in [1.165, 1.54) is 30.0 Å². The summed E-state index contributed by atoms with van der Waals surface area (Å²) in [6.45, 7) is 2.06. The van der Waals surface area contributed by atoms with Crippen LogP contribution in [0.5, 0.6) is 5.75 Å². The van der Waals surface area contributed by atoms with E-state index < -0.39 is 13.8 Å². The van der Waals surface area contributed by atoms with Gasteiger partial charge in [0.15, 0.2) is 0 Å². The first-order chi connectivity index (χ1) is 14.6. The van der Waals surface area contributed by atoms with Crippen LogP contribution in [0.3, 0.4) is 0 Å². The maximum Gasteiger partial charge on any atom is 0.488 e. The van der Waals surface area contributed by atoms with Crippen molar-refractivity contribution in [3.8, 4) is 5.75 Å². The van der Waals surface area contributed by atoms with E-state index >= 15 is 0 Å². The number of halogens is 1. The molecule has 2 aromatic rings. The van der Waals surface area contributed by atoms with Gasteiger partial charge in [0.1, 0.15) is 5.75 Å². The van der Waals surface area contributed by atoms with Crippen LogP contribution in [-0.4, -0.2) is 27.7 Å². The molecule has 2 atom stereocenters. The summed E-state index contributed by atoms with van der Waals surface area (Å²) in [5, 5.41) is 19.7. The number of phenols is 1. The summed E-state index contributed by atoms with van der Waals surface area (Å²) in [6, 6.07) is 9.55. The zero-order valence-electron chi connectivity index (χ0n) is 16.9. The summed E-state index contributed by atoms with van der Waals surface area (Å²) in [5.41, 5.74) is 0.984. The Morgan fingerprint density at radius 2 is 2.00 bits per heavy atom. The first-order valence-corrected chi connectivity index (χ1v) is 12.2. The highest BCUT2D eigenvalue weighted by Crippen LogP contribution is 2.42. The van der Waals surface area contributed by atoms with Gasteiger partial charge >= 0.3 is 13.8 Å². The predicted octanol–water partition coefficient (Wildman–Crippen LogP) is 5.25. The van der Waals surface area contributed by atoms with Crippen LogP contribution in [0.2, 0.25) is 5.02 Å². The number of phosphoric ester groups is 1. The Kier molecular flexibility index (Phi) is 9.84. The average Bonchev–Trinajstić information content (AvgIpc) is 2.72. The summed E-state index contributed by atoms with van der Waals surface area (Å²) in [7, 11) is -4.22. The Hall–Kier alpha value is -1.58. The molecule has 2 rings (SSSR count). The number of hydrogen-bond acceptors (Lipinski definition) is 7. The average molecular weight is 490 g/mol. The summed E-state index contributed by atoms with van der Waals surface area (Å²) in [4.78, 5) is 21.6. The molecule has 0 radical (unpaired) electrons. The van der Waals surface area contributed by atoms with Crippen molar-refractivity contribution in [3.63, 3.8) is 0 Å². The van der Waals surface area contributed by atoms with Crippen LogP contribution < -0.4 is 5.90 Å². The molecule has 0 heterocycles. The lowest BCUT2D eigenvalue weighted by Crippen LogP contribution is -2.12. The Morgan fingerprint density at radius 1 is 1.26 bits per heavy atom. The molecule has 0 fully saturated rings. The monoisotopic (exact) mass is 489 g/mol. The molecule has 0 aliphatic rings. The number of aromatic carboxylic acids is 1. The van der Waals surface area contributed by atoms with Gasteiger partial charge < -0.3 is 15.1 Å². The van der Waals surface area contributed by atoms with Gasteiger partial charge in [-0.05, 0) is 61.1 Å². The number of carboxylic acid groups (broad SMARTS) is 1. The number of rotatable bonds is 12. The van der Waals surface area contributed by atoms with Crippen LogP contribution in [0.1, 0.15) is 42.1 Å². The molecule has 5 N–H and O–H groups in total. The van der Waals surface area contributed by atoms with E-state index in [0.29, 0.717) is 22.8 Å². The fourth-order valence-corrected chi connectivity index (χ4v) is 4.68. The molecule has 170 valence electrons. The minimum absolute atomic E-state index is 0.0137. The highest BCUT2D eigenvalue weighted by Gasteiger charge is 2.22. The third kappa shape index (κ3) is 8.12. The largest absolute Gasteiger partial charge is 0.507 e. The van der Waals surface area contributed by atoms with Gasteiger partial charge in [-0.1, -0.05) is 42.8 Å². The van der Waals surface area contributed by atoms with Crippen LogP contribution >= 0.6 is 31.2 Å². The van der Waals surface area contributed by atoms with Gasteiger partial charge in [0.2, 0.25) is 0 Å². The molecular formula is C20H25ClNO7PS. The number of aromatic hydroxyl groups is 1. The van der Waals surface area contributed by atoms with Crippen molar-refractivity contribution in [1.29, 1.82) is 0 Å². The second-order valence-corrected chi connectivity index (χ2v) is 9.83. The summed E-state index contributed by atoms with van der Waals surface area (Å²) >= 11 is 7.64. The molecule has 2 unspecified atom stereocenters. The van der Waals surface area contributed by atoms with Crippen molar-refractivity contribution in [2.24, 2.45) is 11.8 Å². The molecule has 31 heavy (non-hydrogen) atoms. The van der Waals surface area contributed by atoms with Crippen LogP contribution in [0.25, 0.3) is 0 Å². The lowest BCUT2D eigenvalue weighted by atomic mass is 9.96. The van der Waals surface area contributed by atoms with Crippen molar-refractivity contribution < 1.29 is 33.6 Å². The molecule has 0 aromatic heterocycles. The molecule has 0 saturated carbocycles. The van der Waals surface area contributed by atoms with Crippen molar-refractivity contribution in [1.82, 2.24) is 0 Å². The molecule has 0 bridgehead atoms. The van der Waals surface area contributed by atoms with Gasteiger partial charge in [-0.2, -0.15) is 0 Å². The Morgan fingerprint density at radius 3 is 2.61 bits per heavy atom. The van der Waals surface area contributed by atoms with Crippen molar-refractivity contribution in [3.05, 3.63) is 52.5 Å². The zero-order chi connectivity index (χ0) is 23.0. The lowest BCUT2D eigenvalue weighted by molar-refractivity contribution is 0.0696. The summed E-state index contributed by atoms with van der Waals surface area (Å²) < 4.78 is 20.3. The molecule has 11 heteroatoms. The Balaban J connectivity index is 2.04. The van der Waals surface area contributed by atoms with Crippen molar-refractivity contribution in [2.45, 2.75) is 42.4 Å². The number of carbonyl (C=O) groups is 1. The SMILES string of the molecule is CCCC(CCc1ccc(Sc2cc(C(=O)O)ccc2O)cc1Cl)COP(=O)(O)ON. The van der Waals surface area contributed by atoms with Crippen LogP contribution in [0, 0.1) is 5.92 Å². The normalized spacial score (nSPS) is 14.2. The number of phosphoric acid groups is 1. The van der Waals surface area contributed by atoms with E-state index in [1.807, 2.05) is 19.1 Å². The molecule has 8 nitrogen and oxygen atoms in total. The smallest absolute Gasteiger partial charge is 0.488 e. The number of benzene rings is 2. The number of nitrogens with two attached hydrogens (primary N) is 1. The fraction of sp³-hybridized carbons (Fsp3) is 0.350. The van der Waals surface area contributed by atoms with Crippen molar-refractivity contribution >= 4 is 37.2 Å². The third-order valence-electron chi connectivity index (χ3n) is 4.58. The second-order valence-electron chi connectivity index (χ2n) is 6.91. The highest BCUT2D eigenvalue weighted by atomic mass is 35.5. The summed E-state index contributed by atoms with van der Waals surface area (Å²) in [6.07, 6.45) is 3.01. The standard InChI is InChI=1S/C20H25ClNO7PS/c1-2-3-13(12-28-30(26,27)29-22)4-5-14-6-8-16(11-17(14)21)31-19-10-15(20(24)25)7-9-18(19)23/h6-11,13,23H,2-5,12,22H2,1H3,(H,24,25)(H,26,27). The first kappa shape index (κ1) is 25.7. The number of carboxylic acids is 1. The fourth-order valence-electron chi connectivity index (χ4n) is 2.96. The number of aryl methyl sites for hydroxylation is 1. The molecule has 2 aromatic carbocycles. The number of hydrogen-bond donors (Lipinski definition) is 4. The highest BCUT2D eigenvalue weighted by molar-refractivity contribution is 7.99. The Bertz CT molecular complexity index is 959. The first-order valence-electron chi connectivity index (χ1n) is 9.53. The maximum atomic E-state index is 11.4. The van der Waals surface area contributed by atoms with E-state index in [1.54, 1.807) is 6.07 Å². The quantitative estimate of drug-likeness (QED) is 0.232. The topological polar surface area (TPSA) is 139 Å². The Labute approximate surface area is 189 Å². The second kappa shape index (κ2) is 11.9. The maximum absolute atomic E-state index is 11.4. The van der Waals surface area contributed by atoms with E-state index in [0.717, 1.165) is 23.3 Å². The predicted molar refractivity (Wildman–Crippen MR) is 118 cm³/mol. The molecule has 0 amide bonds. The van der Waals surface area contributed by atoms with Crippen LogP contribution in [0.4, 0.5) is 0 Å². The van der Waals surface area contributed by atoms with Gasteiger partial charge in [-0.25, -0.2) is 19.9 Å². The van der Waals surface area contributed by atoms with E-state index in [-0.39, 0.29) is 23.8 Å². The van der Waals surface area contributed by atoms with Gasteiger partial charge in [0, 0.05) is 9.92 Å². The lowest BCUT2D eigenvalue weighted by Gasteiger charge is -2.18. The zero-order valence-corrected chi connectivity index (χ0v) is 19.3.